The van der Waals surface area contributed by atoms with E-state index in [2.05, 4.69) is 17.1 Å². The fraction of sp³-hybridized carbons (Fsp3) is 0.929. The smallest absolute Gasteiger partial charge is 0.234 e. The number of likely N-dealkylation sites (N-methyl/N-ethyl adjacent to an activating group) is 1. The molecule has 0 bridgehead atoms. The molecule has 1 aliphatic carbocycles. The fourth-order valence-electron chi connectivity index (χ4n) is 2.65. The Morgan fingerprint density at radius 2 is 2.05 bits per heavy atom. The monoisotopic (exact) mass is 271 g/mol. The highest BCUT2D eigenvalue weighted by molar-refractivity contribution is 5.78. The molecule has 5 heteroatoms. The lowest BCUT2D eigenvalue weighted by molar-refractivity contribution is -0.123. The number of methoxy groups -OCH3 is 1. The molecule has 1 saturated carbocycles. The third-order valence-electron chi connectivity index (χ3n) is 3.86. The molecule has 0 unspecified atom stereocenters. The zero-order valence-electron chi connectivity index (χ0n) is 12.4. The summed E-state index contributed by atoms with van der Waals surface area (Å²) in [5.74, 6) is 0.118. The highest BCUT2D eigenvalue weighted by Crippen LogP contribution is 2.21. The van der Waals surface area contributed by atoms with Crippen LogP contribution in [0.15, 0.2) is 0 Å². The van der Waals surface area contributed by atoms with Gasteiger partial charge in [-0.15, -0.1) is 0 Å². The van der Waals surface area contributed by atoms with Crippen LogP contribution < -0.4 is 11.1 Å². The van der Waals surface area contributed by atoms with Gasteiger partial charge in [-0.3, -0.25) is 9.69 Å². The first-order chi connectivity index (χ1) is 9.17. The SMILES string of the molecule is CCN(CC(=O)NCCCOC)C1CCC(N)CC1. The molecule has 0 heterocycles. The van der Waals surface area contributed by atoms with Crippen molar-refractivity contribution in [1.82, 2.24) is 10.2 Å². The summed E-state index contributed by atoms with van der Waals surface area (Å²) in [7, 11) is 1.68. The van der Waals surface area contributed by atoms with Crippen LogP contribution in [0.4, 0.5) is 0 Å². The van der Waals surface area contributed by atoms with Gasteiger partial charge in [0.15, 0.2) is 0 Å². The third kappa shape index (κ3) is 6.36. The van der Waals surface area contributed by atoms with Crippen molar-refractivity contribution < 1.29 is 9.53 Å². The van der Waals surface area contributed by atoms with Crippen molar-refractivity contribution in [3.63, 3.8) is 0 Å². The largest absolute Gasteiger partial charge is 0.385 e. The summed E-state index contributed by atoms with van der Waals surface area (Å²) in [4.78, 5) is 14.1. The van der Waals surface area contributed by atoms with E-state index in [-0.39, 0.29) is 5.91 Å². The summed E-state index contributed by atoms with van der Waals surface area (Å²) in [5.41, 5.74) is 5.92. The number of hydrogen-bond donors (Lipinski definition) is 2. The highest BCUT2D eigenvalue weighted by atomic mass is 16.5. The lowest BCUT2D eigenvalue weighted by Gasteiger charge is -2.34. The van der Waals surface area contributed by atoms with E-state index in [1.165, 1.54) is 0 Å². The van der Waals surface area contributed by atoms with Crippen LogP contribution in [0.5, 0.6) is 0 Å². The Bertz CT molecular complexity index is 253. The predicted octanol–water partition coefficient (Wildman–Crippen LogP) is 0.731. The Morgan fingerprint density at radius 3 is 2.63 bits per heavy atom. The number of rotatable bonds is 8. The number of nitrogens with one attached hydrogen (secondary N) is 1. The molecule has 0 spiro atoms. The van der Waals surface area contributed by atoms with Crippen LogP contribution in [-0.4, -0.2) is 56.2 Å². The molecule has 0 radical (unpaired) electrons. The molecule has 0 atom stereocenters. The number of nitrogens with two attached hydrogens (primary N) is 1. The minimum Gasteiger partial charge on any atom is -0.385 e. The molecule has 1 rings (SSSR count). The van der Waals surface area contributed by atoms with Crippen molar-refractivity contribution in [1.29, 1.82) is 0 Å². The van der Waals surface area contributed by atoms with E-state index in [1.54, 1.807) is 7.11 Å². The van der Waals surface area contributed by atoms with Crippen LogP contribution >= 0.6 is 0 Å². The first-order valence-electron chi connectivity index (χ1n) is 7.42. The number of ether oxygens (including phenoxy) is 1. The Hall–Kier alpha value is -0.650. The molecule has 1 aliphatic rings. The van der Waals surface area contributed by atoms with E-state index in [0.717, 1.165) is 38.6 Å². The Kier molecular flexibility index (Phi) is 8.02. The van der Waals surface area contributed by atoms with Crippen molar-refractivity contribution >= 4 is 5.91 Å². The van der Waals surface area contributed by atoms with Crippen LogP contribution in [-0.2, 0) is 9.53 Å². The summed E-state index contributed by atoms with van der Waals surface area (Å²) in [5, 5.41) is 2.94. The fourth-order valence-corrected chi connectivity index (χ4v) is 2.65. The molecule has 112 valence electrons. The van der Waals surface area contributed by atoms with Crippen molar-refractivity contribution in [3.8, 4) is 0 Å². The highest BCUT2D eigenvalue weighted by Gasteiger charge is 2.24. The van der Waals surface area contributed by atoms with E-state index in [9.17, 15) is 4.79 Å². The van der Waals surface area contributed by atoms with Gasteiger partial charge in [0.2, 0.25) is 5.91 Å². The summed E-state index contributed by atoms with van der Waals surface area (Å²) < 4.78 is 4.96. The van der Waals surface area contributed by atoms with Crippen LogP contribution in [0.25, 0.3) is 0 Å². The Labute approximate surface area is 116 Å². The van der Waals surface area contributed by atoms with Gasteiger partial charge in [-0.2, -0.15) is 0 Å². The van der Waals surface area contributed by atoms with Gasteiger partial charge in [0, 0.05) is 32.3 Å². The van der Waals surface area contributed by atoms with Gasteiger partial charge in [0.1, 0.15) is 0 Å². The van der Waals surface area contributed by atoms with E-state index in [4.69, 9.17) is 10.5 Å². The summed E-state index contributed by atoms with van der Waals surface area (Å²) in [6.07, 6.45) is 5.26. The van der Waals surface area contributed by atoms with Crippen molar-refractivity contribution in [2.24, 2.45) is 5.73 Å². The maximum absolute atomic E-state index is 11.9. The second kappa shape index (κ2) is 9.28. The third-order valence-corrected chi connectivity index (χ3v) is 3.86. The predicted molar refractivity (Wildman–Crippen MR) is 77.0 cm³/mol. The van der Waals surface area contributed by atoms with Crippen LogP contribution in [0.1, 0.15) is 39.0 Å². The number of carbonyl (C=O) groups excluding carboxylic acids is 1. The lowest BCUT2D eigenvalue weighted by atomic mass is 9.91. The van der Waals surface area contributed by atoms with Crippen LogP contribution in [0, 0.1) is 0 Å². The van der Waals surface area contributed by atoms with Crippen molar-refractivity contribution in [3.05, 3.63) is 0 Å². The summed E-state index contributed by atoms with van der Waals surface area (Å²) in [6.45, 7) is 4.93. The van der Waals surface area contributed by atoms with E-state index >= 15 is 0 Å². The van der Waals surface area contributed by atoms with Gasteiger partial charge in [0.25, 0.3) is 0 Å². The Balaban J connectivity index is 2.25. The molecular formula is C14H29N3O2. The van der Waals surface area contributed by atoms with E-state index in [1.807, 2.05) is 0 Å². The van der Waals surface area contributed by atoms with Gasteiger partial charge in [-0.25, -0.2) is 0 Å². The topological polar surface area (TPSA) is 67.6 Å². The number of carbonyl (C=O) groups is 1. The standard InChI is InChI=1S/C14H29N3O2/c1-3-17(13-7-5-12(15)6-8-13)11-14(18)16-9-4-10-19-2/h12-13H,3-11,15H2,1-2H3,(H,16,18). The maximum Gasteiger partial charge on any atom is 0.234 e. The maximum atomic E-state index is 11.9. The second-order valence-electron chi connectivity index (χ2n) is 5.33. The number of amides is 1. The average molecular weight is 271 g/mol. The first-order valence-corrected chi connectivity index (χ1v) is 7.42. The van der Waals surface area contributed by atoms with Gasteiger partial charge < -0.3 is 15.8 Å². The van der Waals surface area contributed by atoms with Crippen LogP contribution in [0.2, 0.25) is 0 Å². The Morgan fingerprint density at radius 1 is 1.37 bits per heavy atom. The molecule has 0 aromatic heterocycles. The number of hydrogen-bond acceptors (Lipinski definition) is 4. The molecule has 5 nitrogen and oxygen atoms in total. The minimum absolute atomic E-state index is 0.118. The summed E-state index contributed by atoms with van der Waals surface area (Å²) in [6, 6.07) is 0.882. The first kappa shape index (κ1) is 16.4. The molecule has 1 amide bonds. The quantitative estimate of drug-likeness (QED) is 0.639. The molecule has 19 heavy (non-hydrogen) atoms. The van der Waals surface area contributed by atoms with Crippen LogP contribution in [0.3, 0.4) is 0 Å². The molecule has 0 aromatic carbocycles. The van der Waals surface area contributed by atoms with Gasteiger partial charge >= 0.3 is 0 Å². The second-order valence-corrected chi connectivity index (χ2v) is 5.33. The van der Waals surface area contributed by atoms with Gasteiger partial charge in [-0.1, -0.05) is 6.92 Å². The molecule has 0 aromatic rings. The normalized spacial score (nSPS) is 23.6. The zero-order chi connectivity index (χ0) is 14.1. The van der Waals surface area contributed by atoms with Crippen molar-refractivity contribution in [2.75, 3.05) is 33.4 Å². The molecular weight excluding hydrogens is 242 g/mol. The van der Waals surface area contributed by atoms with Crippen molar-refractivity contribution in [2.45, 2.75) is 51.1 Å². The molecule has 0 aliphatic heterocycles. The zero-order valence-corrected chi connectivity index (χ0v) is 12.4. The average Bonchev–Trinajstić information content (AvgIpc) is 2.42. The summed E-state index contributed by atoms with van der Waals surface area (Å²) >= 11 is 0. The molecule has 3 N–H and O–H groups in total. The lowest BCUT2D eigenvalue weighted by Crippen LogP contribution is -2.45. The van der Waals surface area contributed by atoms with E-state index in [0.29, 0.717) is 31.8 Å². The molecule has 0 saturated heterocycles. The van der Waals surface area contributed by atoms with Gasteiger partial charge in [-0.05, 0) is 38.6 Å². The minimum atomic E-state index is 0.118. The van der Waals surface area contributed by atoms with Gasteiger partial charge in [0.05, 0.1) is 6.54 Å². The number of nitrogens with zero attached hydrogens (tertiary/aromatic N) is 1. The molecule has 1 fully saturated rings. The van der Waals surface area contributed by atoms with E-state index < -0.39 is 0 Å².